The average molecular weight is 325 g/mol. The van der Waals surface area contributed by atoms with Gasteiger partial charge in [0.25, 0.3) is 0 Å². The smallest absolute Gasteiger partial charge is 0.208 e. The van der Waals surface area contributed by atoms with Crippen LogP contribution in [0.3, 0.4) is 0 Å². The van der Waals surface area contributed by atoms with Gasteiger partial charge in [-0.15, -0.1) is 0 Å². The third kappa shape index (κ3) is 3.89. The van der Waals surface area contributed by atoms with Gasteiger partial charge in [-0.3, -0.25) is 0 Å². The van der Waals surface area contributed by atoms with Crippen LogP contribution in [0, 0.1) is 6.92 Å². The molecule has 5 heteroatoms. The van der Waals surface area contributed by atoms with Crippen LogP contribution < -0.4 is 5.32 Å². The highest BCUT2D eigenvalue weighted by molar-refractivity contribution is 9.10. The summed E-state index contributed by atoms with van der Waals surface area (Å²) >= 11 is 3.55. The Morgan fingerprint density at radius 3 is 3.00 bits per heavy atom. The minimum absolute atomic E-state index is 0.604. The first kappa shape index (κ1) is 14.2. The number of aryl methyl sites for hydroxylation is 1. The lowest BCUT2D eigenvalue weighted by Crippen LogP contribution is -2.18. The molecule has 1 aromatic carbocycles. The van der Waals surface area contributed by atoms with Crippen molar-refractivity contribution in [2.45, 2.75) is 13.5 Å². The Labute approximate surface area is 121 Å². The van der Waals surface area contributed by atoms with Gasteiger partial charge in [0.1, 0.15) is 0 Å². The van der Waals surface area contributed by atoms with Crippen molar-refractivity contribution in [3.05, 3.63) is 40.3 Å². The number of aromatic nitrogens is 1. The molecule has 102 valence electrons. The second kappa shape index (κ2) is 6.84. The molecule has 1 aromatic heterocycles. The molecule has 0 unspecified atom stereocenters. The van der Waals surface area contributed by atoms with E-state index < -0.39 is 0 Å². The predicted molar refractivity (Wildman–Crippen MR) is 78.0 cm³/mol. The molecule has 0 saturated carbocycles. The van der Waals surface area contributed by atoms with Crippen LogP contribution in [0.15, 0.2) is 33.3 Å². The number of hydrogen-bond acceptors (Lipinski definition) is 4. The van der Waals surface area contributed by atoms with Crippen LogP contribution >= 0.6 is 15.9 Å². The van der Waals surface area contributed by atoms with Crippen molar-refractivity contribution in [2.24, 2.45) is 0 Å². The van der Waals surface area contributed by atoms with Crippen LogP contribution in [0.1, 0.15) is 11.5 Å². The minimum Gasteiger partial charge on any atom is -0.439 e. The second-order valence-corrected chi connectivity index (χ2v) is 5.13. The molecule has 2 rings (SSSR count). The van der Waals surface area contributed by atoms with E-state index in [-0.39, 0.29) is 0 Å². The molecule has 1 heterocycles. The number of benzene rings is 1. The molecular formula is C14H17BrN2O2. The van der Waals surface area contributed by atoms with E-state index in [0.717, 1.165) is 22.3 Å². The lowest BCUT2D eigenvalue weighted by atomic mass is 10.1. The minimum atomic E-state index is 0.604. The third-order valence-electron chi connectivity index (χ3n) is 2.70. The highest BCUT2D eigenvalue weighted by Crippen LogP contribution is 2.29. The van der Waals surface area contributed by atoms with E-state index in [1.54, 1.807) is 13.3 Å². The van der Waals surface area contributed by atoms with Gasteiger partial charge in [0.2, 0.25) is 5.89 Å². The zero-order chi connectivity index (χ0) is 13.7. The fourth-order valence-electron chi connectivity index (χ4n) is 1.71. The third-order valence-corrected chi connectivity index (χ3v) is 3.36. The van der Waals surface area contributed by atoms with E-state index in [1.807, 2.05) is 6.07 Å². The molecule has 0 atom stereocenters. The van der Waals surface area contributed by atoms with E-state index in [0.29, 0.717) is 19.0 Å². The molecule has 0 aliphatic heterocycles. The van der Waals surface area contributed by atoms with Gasteiger partial charge in [-0.2, -0.15) is 0 Å². The largest absolute Gasteiger partial charge is 0.439 e. The Balaban J connectivity index is 2.04. The van der Waals surface area contributed by atoms with Crippen LogP contribution in [0.25, 0.3) is 11.3 Å². The van der Waals surface area contributed by atoms with Crippen LogP contribution in [0.5, 0.6) is 0 Å². The maximum Gasteiger partial charge on any atom is 0.208 e. The Bertz CT molecular complexity index is 540. The average Bonchev–Trinajstić information content (AvgIpc) is 2.83. The fourth-order valence-corrected chi connectivity index (χ4v) is 2.39. The second-order valence-electron chi connectivity index (χ2n) is 4.27. The van der Waals surface area contributed by atoms with Gasteiger partial charge in [0.15, 0.2) is 5.76 Å². The summed E-state index contributed by atoms with van der Waals surface area (Å²) in [5, 5.41) is 3.20. The molecule has 4 nitrogen and oxygen atoms in total. The van der Waals surface area contributed by atoms with Gasteiger partial charge in [0, 0.05) is 23.7 Å². The molecule has 2 aromatic rings. The number of ether oxygens (including phenoxy) is 1. The van der Waals surface area contributed by atoms with E-state index in [9.17, 15) is 0 Å². The molecule has 0 aliphatic rings. The number of hydrogen-bond donors (Lipinski definition) is 1. The zero-order valence-electron chi connectivity index (χ0n) is 11.1. The number of methoxy groups -OCH3 is 1. The van der Waals surface area contributed by atoms with Crippen molar-refractivity contribution in [3.8, 4) is 11.3 Å². The summed E-state index contributed by atoms with van der Waals surface area (Å²) in [5.41, 5.74) is 2.22. The molecule has 1 N–H and O–H groups in total. The van der Waals surface area contributed by atoms with Gasteiger partial charge in [0.05, 0.1) is 19.3 Å². The lowest BCUT2D eigenvalue weighted by molar-refractivity contribution is 0.198. The molecule has 0 spiro atoms. The Hall–Kier alpha value is -1.17. The summed E-state index contributed by atoms with van der Waals surface area (Å²) in [5.74, 6) is 1.45. The number of halogens is 1. The van der Waals surface area contributed by atoms with E-state index >= 15 is 0 Å². The molecule has 0 fully saturated rings. The molecule has 0 bridgehead atoms. The molecular weight excluding hydrogens is 308 g/mol. The van der Waals surface area contributed by atoms with Crippen LogP contribution in [-0.2, 0) is 11.3 Å². The standard InChI is InChI=1S/C14H17BrN2O2/c1-10-3-4-11(12(15)7-10)13-8-17-14(19-13)9-16-5-6-18-2/h3-4,7-8,16H,5-6,9H2,1-2H3. The number of nitrogens with one attached hydrogen (secondary N) is 1. The first-order chi connectivity index (χ1) is 9.20. The first-order valence-electron chi connectivity index (χ1n) is 6.11. The highest BCUT2D eigenvalue weighted by atomic mass is 79.9. The van der Waals surface area contributed by atoms with Crippen molar-refractivity contribution in [3.63, 3.8) is 0 Å². The quantitative estimate of drug-likeness (QED) is 0.829. The maximum atomic E-state index is 5.73. The van der Waals surface area contributed by atoms with E-state index in [2.05, 4.69) is 45.3 Å². The monoisotopic (exact) mass is 324 g/mol. The molecule has 0 saturated heterocycles. The molecule has 0 aliphatic carbocycles. The summed E-state index contributed by atoms with van der Waals surface area (Å²) in [6, 6.07) is 6.15. The van der Waals surface area contributed by atoms with Crippen molar-refractivity contribution >= 4 is 15.9 Å². The van der Waals surface area contributed by atoms with Crippen LogP contribution in [0.2, 0.25) is 0 Å². The van der Waals surface area contributed by atoms with Gasteiger partial charge in [-0.05, 0) is 24.6 Å². The number of oxazole rings is 1. The van der Waals surface area contributed by atoms with Gasteiger partial charge >= 0.3 is 0 Å². The summed E-state index contributed by atoms with van der Waals surface area (Å²) in [6.07, 6.45) is 1.75. The van der Waals surface area contributed by atoms with Crippen LogP contribution in [-0.4, -0.2) is 25.2 Å². The SMILES string of the molecule is COCCNCc1ncc(-c2ccc(C)cc2Br)o1. The maximum absolute atomic E-state index is 5.73. The van der Waals surface area contributed by atoms with Gasteiger partial charge in [-0.25, -0.2) is 4.98 Å². The Morgan fingerprint density at radius 1 is 1.42 bits per heavy atom. The van der Waals surface area contributed by atoms with Crippen molar-refractivity contribution in [1.29, 1.82) is 0 Å². The van der Waals surface area contributed by atoms with E-state index in [4.69, 9.17) is 9.15 Å². The fraction of sp³-hybridized carbons (Fsp3) is 0.357. The molecule has 19 heavy (non-hydrogen) atoms. The lowest BCUT2D eigenvalue weighted by Gasteiger charge is -2.02. The number of rotatable bonds is 6. The molecule has 0 amide bonds. The topological polar surface area (TPSA) is 47.3 Å². The summed E-state index contributed by atoms with van der Waals surface area (Å²) < 4.78 is 11.7. The van der Waals surface area contributed by atoms with Gasteiger partial charge < -0.3 is 14.5 Å². The van der Waals surface area contributed by atoms with Crippen molar-refractivity contribution in [2.75, 3.05) is 20.3 Å². The van der Waals surface area contributed by atoms with Gasteiger partial charge in [-0.1, -0.05) is 22.0 Å². The van der Waals surface area contributed by atoms with Crippen molar-refractivity contribution < 1.29 is 9.15 Å². The summed E-state index contributed by atoms with van der Waals surface area (Å²) in [7, 11) is 1.68. The zero-order valence-corrected chi connectivity index (χ0v) is 12.7. The first-order valence-corrected chi connectivity index (χ1v) is 6.91. The Kier molecular flexibility index (Phi) is 5.13. The number of nitrogens with zero attached hydrogens (tertiary/aromatic N) is 1. The highest BCUT2D eigenvalue weighted by Gasteiger charge is 2.09. The predicted octanol–water partition coefficient (Wildman–Crippen LogP) is 3.15. The Morgan fingerprint density at radius 2 is 2.26 bits per heavy atom. The van der Waals surface area contributed by atoms with Crippen molar-refractivity contribution in [1.82, 2.24) is 10.3 Å². The summed E-state index contributed by atoms with van der Waals surface area (Å²) in [6.45, 7) is 4.12. The van der Waals surface area contributed by atoms with Crippen LogP contribution in [0.4, 0.5) is 0 Å². The normalized spacial score (nSPS) is 10.9. The van der Waals surface area contributed by atoms with E-state index in [1.165, 1.54) is 5.56 Å². The summed E-state index contributed by atoms with van der Waals surface area (Å²) in [4.78, 5) is 4.26. The molecule has 0 radical (unpaired) electrons.